The number of piperidine rings is 2. The lowest BCUT2D eigenvalue weighted by molar-refractivity contribution is -0.137. The Kier molecular flexibility index (Phi) is 4.82. The quantitative estimate of drug-likeness (QED) is 0.667. The molecular formula is C25H27N3O3S. The molecule has 3 aliphatic heterocycles. The van der Waals surface area contributed by atoms with E-state index in [0.29, 0.717) is 36.2 Å². The number of thiophene rings is 1. The second-order valence-electron chi connectivity index (χ2n) is 9.58. The lowest BCUT2D eigenvalue weighted by Gasteiger charge is -2.38. The molecule has 1 aliphatic carbocycles. The van der Waals surface area contributed by atoms with Gasteiger partial charge in [0.05, 0.1) is 29.3 Å². The predicted octanol–water partition coefficient (Wildman–Crippen LogP) is 3.77. The van der Waals surface area contributed by atoms with Gasteiger partial charge in [0.1, 0.15) is 0 Å². The Balaban J connectivity index is 1.24. The van der Waals surface area contributed by atoms with Crippen LogP contribution in [0.4, 0.5) is 5.69 Å². The van der Waals surface area contributed by atoms with E-state index in [1.54, 1.807) is 17.4 Å². The molecule has 2 aromatic rings. The minimum absolute atomic E-state index is 0.0339. The molecule has 166 valence electrons. The summed E-state index contributed by atoms with van der Waals surface area (Å²) in [5.41, 5.74) is 1.78. The fourth-order valence-electron chi connectivity index (χ4n) is 6.11. The first-order valence-corrected chi connectivity index (χ1v) is 12.5. The molecule has 7 heteroatoms. The summed E-state index contributed by atoms with van der Waals surface area (Å²) in [4.78, 5) is 46.3. The average Bonchev–Trinajstić information content (AvgIpc) is 3.62. The van der Waals surface area contributed by atoms with E-state index in [1.807, 2.05) is 29.6 Å². The lowest BCUT2D eigenvalue weighted by atomic mass is 9.94. The summed E-state index contributed by atoms with van der Waals surface area (Å²) >= 11 is 1.55. The SMILES string of the molecule is O=C1c2cccc(N3CCCC(C(=O)N4CC5CCC4C5)C3)c2C(=O)N1Cc1cccs1. The minimum Gasteiger partial charge on any atom is -0.370 e. The summed E-state index contributed by atoms with van der Waals surface area (Å²) in [7, 11) is 0. The topological polar surface area (TPSA) is 60.9 Å². The molecule has 3 unspecified atom stereocenters. The van der Waals surface area contributed by atoms with Crippen LogP contribution in [0, 0.1) is 11.8 Å². The Morgan fingerprint density at radius 3 is 2.69 bits per heavy atom. The fourth-order valence-corrected chi connectivity index (χ4v) is 6.80. The van der Waals surface area contributed by atoms with Crippen molar-refractivity contribution in [3.63, 3.8) is 0 Å². The number of carbonyl (C=O) groups excluding carboxylic acids is 3. The highest BCUT2D eigenvalue weighted by molar-refractivity contribution is 7.09. The van der Waals surface area contributed by atoms with E-state index in [4.69, 9.17) is 0 Å². The van der Waals surface area contributed by atoms with Crippen molar-refractivity contribution in [2.24, 2.45) is 11.8 Å². The fraction of sp³-hybridized carbons (Fsp3) is 0.480. The molecule has 6 rings (SSSR count). The molecule has 0 radical (unpaired) electrons. The molecule has 3 atom stereocenters. The first kappa shape index (κ1) is 20.0. The van der Waals surface area contributed by atoms with Crippen molar-refractivity contribution in [1.29, 1.82) is 0 Å². The van der Waals surface area contributed by atoms with E-state index in [0.717, 1.165) is 42.9 Å². The summed E-state index contributed by atoms with van der Waals surface area (Å²) < 4.78 is 0. The van der Waals surface area contributed by atoms with Gasteiger partial charge in [-0.1, -0.05) is 12.1 Å². The van der Waals surface area contributed by atoms with Gasteiger partial charge in [-0.15, -0.1) is 11.3 Å². The third-order valence-corrected chi connectivity index (χ3v) is 8.54. The molecule has 4 heterocycles. The van der Waals surface area contributed by atoms with Crippen LogP contribution in [0.25, 0.3) is 0 Å². The molecule has 3 amide bonds. The van der Waals surface area contributed by atoms with E-state index in [-0.39, 0.29) is 23.6 Å². The number of amides is 3. The number of anilines is 1. The number of hydrogen-bond acceptors (Lipinski definition) is 5. The number of rotatable bonds is 4. The van der Waals surface area contributed by atoms with Crippen LogP contribution in [0.15, 0.2) is 35.7 Å². The van der Waals surface area contributed by atoms with Gasteiger partial charge in [-0.05, 0) is 61.6 Å². The van der Waals surface area contributed by atoms with Crippen LogP contribution in [0.2, 0.25) is 0 Å². The highest BCUT2D eigenvalue weighted by atomic mass is 32.1. The molecule has 1 saturated carbocycles. The highest BCUT2D eigenvalue weighted by Gasteiger charge is 2.44. The molecule has 32 heavy (non-hydrogen) atoms. The van der Waals surface area contributed by atoms with Gasteiger partial charge in [0.15, 0.2) is 0 Å². The minimum atomic E-state index is -0.224. The second-order valence-corrected chi connectivity index (χ2v) is 10.6. The van der Waals surface area contributed by atoms with Crippen molar-refractivity contribution in [2.45, 2.75) is 44.7 Å². The summed E-state index contributed by atoms with van der Waals surface area (Å²) in [5, 5.41) is 1.95. The molecular weight excluding hydrogens is 422 g/mol. The summed E-state index contributed by atoms with van der Waals surface area (Å²) in [6.07, 6.45) is 5.40. The van der Waals surface area contributed by atoms with Gasteiger partial charge in [0, 0.05) is 30.6 Å². The number of benzene rings is 1. The lowest BCUT2D eigenvalue weighted by Crippen LogP contribution is -2.47. The van der Waals surface area contributed by atoms with Crippen molar-refractivity contribution in [1.82, 2.24) is 9.80 Å². The number of nitrogens with zero attached hydrogens (tertiary/aromatic N) is 3. The molecule has 0 spiro atoms. The molecule has 4 aliphatic rings. The molecule has 1 aromatic carbocycles. The van der Waals surface area contributed by atoms with E-state index in [2.05, 4.69) is 9.80 Å². The molecule has 1 aromatic heterocycles. The van der Waals surface area contributed by atoms with Gasteiger partial charge < -0.3 is 9.80 Å². The Morgan fingerprint density at radius 2 is 1.94 bits per heavy atom. The van der Waals surface area contributed by atoms with Gasteiger partial charge in [-0.2, -0.15) is 0 Å². The number of likely N-dealkylation sites (tertiary alicyclic amines) is 1. The zero-order valence-electron chi connectivity index (χ0n) is 18.0. The van der Waals surface area contributed by atoms with Crippen LogP contribution in [0.1, 0.15) is 57.7 Å². The van der Waals surface area contributed by atoms with Gasteiger partial charge in [0.25, 0.3) is 11.8 Å². The molecule has 2 saturated heterocycles. The van der Waals surface area contributed by atoms with Gasteiger partial charge in [-0.3, -0.25) is 19.3 Å². The van der Waals surface area contributed by atoms with Crippen molar-refractivity contribution in [3.8, 4) is 0 Å². The van der Waals surface area contributed by atoms with E-state index in [9.17, 15) is 14.4 Å². The summed E-state index contributed by atoms with van der Waals surface area (Å²) in [6.45, 7) is 2.65. The normalized spacial score (nSPS) is 26.9. The Hall–Kier alpha value is -2.67. The Morgan fingerprint density at radius 1 is 1.03 bits per heavy atom. The van der Waals surface area contributed by atoms with E-state index < -0.39 is 0 Å². The standard InChI is InChI=1S/C25H27N3O3S/c29-23(27-13-16-8-9-18(27)12-16)17-4-2-10-26(14-17)21-7-1-6-20-22(21)25(31)28(24(20)30)15-19-5-3-11-32-19/h1,3,5-7,11,16-18H,2,4,8-10,12-15H2. The maximum atomic E-state index is 13.3. The zero-order chi connectivity index (χ0) is 21.8. The number of imide groups is 1. The van der Waals surface area contributed by atoms with Crippen LogP contribution in [0.5, 0.6) is 0 Å². The van der Waals surface area contributed by atoms with Gasteiger partial charge in [-0.25, -0.2) is 0 Å². The number of hydrogen-bond donors (Lipinski definition) is 0. The number of carbonyl (C=O) groups is 3. The average molecular weight is 450 g/mol. The van der Waals surface area contributed by atoms with Crippen LogP contribution in [-0.4, -0.2) is 53.2 Å². The largest absolute Gasteiger partial charge is 0.370 e. The number of fused-ring (bicyclic) bond motifs is 3. The molecule has 3 fully saturated rings. The Labute approximate surface area is 191 Å². The van der Waals surface area contributed by atoms with Gasteiger partial charge >= 0.3 is 0 Å². The zero-order valence-corrected chi connectivity index (χ0v) is 18.9. The Bertz CT molecular complexity index is 1080. The van der Waals surface area contributed by atoms with Crippen LogP contribution in [-0.2, 0) is 11.3 Å². The van der Waals surface area contributed by atoms with Crippen LogP contribution >= 0.6 is 11.3 Å². The maximum Gasteiger partial charge on any atom is 0.264 e. The van der Waals surface area contributed by atoms with Crippen molar-refractivity contribution >= 4 is 34.7 Å². The van der Waals surface area contributed by atoms with E-state index >= 15 is 0 Å². The molecule has 2 bridgehead atoms. The predicted molar refractivity (Wildman–Crippen MR) is 123 cm³/mol. The smallest absolute Gasteiger partial charge is 0.264 e. The third-order valence-electron chi connectivity index (χ3n) is 7.67. The first-order valence-electron chi connectivity index (χ1n) is 11.7. The van der Waals surface area contributed by atoms with Crippen LogP contribution < -0.4 is 4.90 Å². The third kappa shape index (κ3) is 3.17. The van der Waals surface area contributed by atoms with Crippen molar-refractivity contribution in [2.75, 3.05) is 24.5 Å². The monoisotopic (exact) mass is 449 g/mol. The molecule has 0 N–H and O–H groups in total. The maximum absolute atomic E-state index is 13.3. The second kappa shape index (κ2) is 7.73. The summed E-state index contributed by atoms with van der Waals surface area (Å²) in [5.74, 6) is 0.501. The first-order chi connectivity index (χ1) is 15.6. The van der Waals surface area contributed by atoms with Crippen molar-refractivity contribution in [3.05, 3.63) is 51.7 Å². The van der Waals surface area contributed by atoms with Gasteiger partial charge in [0.2, 0.25) is 5.91 Å². The summed E-state index contributed by atoms with van der Waals surface area (Å²) in [6, 6.07) is 9.86. The highest BCUT2D eigenvalue weighted by Crippen LogP contribution is 2.40. The van der Waals surface area contributed by atoms with Crippen molar-refractivity contribution < 1.29 is 14.4 Å². The van der Waals surface area contributed by atoms with Crippen LogP contribution in [0.3, 0.4) is 0 Å². The molecule has 6 nitrogen and oxygen atoms in total. The van der Waals surface area contributed by atoms with E-state index in [1.165, 1.54) is 17.7 Å².